The van der Waals surface area contributed by atoms with Crippen molar-refractivity contribution < 1.29 is 18.1 Å². The van der Waals surface area contributed by atoms with Crippen LogP contribution in [0, 0.1) is 0 Å². The van der Waals surface area contributed by atoms with Gasteiger partial charge in [0.25, 0.3) is 5.91 Å². The zero-order chi connectivity index (χ0) is 23.2. The minimum Gasteiger partial charge on any atom is -0.339 e. The first-order valence-electron chi connectivity index (χ1n) is 11.4. The van der Waals surface area contributed by atoms with Crippen molar-refractivity contribution in [2.45, 2.75) is 63.1 Å². The van der Waals surface area contributed by atoms with Crippen LogP contribution in [0.15, 0.2) is 16.9 Å². The highest BCUT2D eigenvalue weighted by Crippen LogP contribution is 2.34. The fourth-order valence-corrected chi connectivity index (χ4v) is 4.55. The molecule has 0 aromatic carbocycles. The number of nitrogens with zero attached hydrogens (tertiary/aromatic N) is 7. The van der Waals surface area contributed by atoms with Gasteiger partial charge in [-0.2, -0.15) is 13.8 Å². The van der Waals surface area contributed by atoms with Gasteiger partial charge in [-0.05, 0) is 32.1 Å². The average molecular weight is 463 g/mol. The predicted octanol–water partition coefficient (Wildman–Crippen LogP) is 1.78. The van der Waals surface area contributed by atoms with E-state index in [1.165, 1.54) is 0 Å². The first-order valence-corrected chi connectivity index (χ1v) is 11.4. The molecule has 3 fully saturated rings. The summed E-state index contributed by atoms with van der Waals surface area (Å²) in [5.41, 5.74) is 6.44. The van der Waals surface area contributed by atoms with Gasteiger partial charge < -0.3 is 25.0 Å². The summed E-state index contributed by atoms with van der Waals surface area (Å²) < 4.78 is 31.9. The van der Waals surface area contributed by atoms with Gasteiger partial charge in [-0.25, -0.2) is 9.97 Å². The Balaban J connectivity index is 1.23. The van der Waals surface area contributed by atoms with Crippen LogP contribution < -0.4 is 15.5 Å². The van der Waals surface area contributed by atoms with Crippen molar-refractivity contribution in [2.75, 3.05) is 36.0 Å². The molecule has 178 valence electrons. The number of carbonyl (C=O) groups excluding carboxylic acids is 1. The number of piperidine rings is 1. The summed E-state index contributed by atoms with van der Waals surface area (Å²) >= 11 is 0. The normalized spacial score (nSPS) is 22.1. The molecular weight excluding hydrogens is 434 g/mol. The molecule has 2 aromatic heterocycles. The lowest BCUT2D eigenvalue weighted by Crippen LogP contribution is -2.48. The second-order valence-electron chi connectivity index (χ2n) is 9.22. The third-order valence-electron chi connectivity index (χ3n) is 6.50. The molecule has 1 aliphatic carbocycles. The summed E-state index contributed by atoms with van der Waals surface area (Å²) in [5, 5.41) is 3.40. The molecule has 2 N–H and O–H groups in total. The maximum atomic E-state index is 13.4. The molecule has 1 atom stereocenters. The van der Waals surface area contributed by atoms with E-state index in [0.717, 1.165) is 39.3 Å². The van der Waals surface area contributed by atoms with Gasteiger partial charge in [-0.15, -0.1) is 0 Å². The van der Waals surface area contributed by atoms with Crippen molar-refractivity contribution in [1.82, 2.24) is 25.0 Å². The number of alkyl halides is 2. The second kappa shape index (κ2) is 8.47. The molecule has 1 amide bonds. The standard InChI is InChI=1S/C21H28F2N8O2/c1-21(22,23)18-27-20(33-28-18)29-8-5-16(6-9-29)31(15-2-3-15)17(32)13-10-25-19(26-11-13)30-7-4-14(24)12-30/h10-11,14-16H,2-9,12,24H2,1H3/t14-/m1/s1. The molecule has 1 saturated carbocycles. The molecule has 0 radical (unpaired) electrons. The minimum atomic E-state index is -3.15. The second-order valence-corrected chi connectivity index (χ2v) is 9.22. The third kappa shape index (κ3) is 4.61. The number of hydrogen-bond acceptors (Lipinski definition) is 9. The van der Waals surface area contributed by atoms with Crippen LogP contribution in [0.1, 0.15) is 55.2 Å². The predicted molar refractivity (Wildman–Crippen MR) is 115 cm³/mol. The number of rotatable bonds is 6. The van der Waals surface area contributed by atoms with Crippen LogP contribution in [0.4, 0.5) is 20.7 Å². The molecule has 4 heterocycles. The Kier molecular flexibility index (Phi) is 5.63. The van der Waals surface area contributed by atoms with E-state index in [1.807, 2.05) is 9.80 Å². The first kappa shape index (κ1) is 21.9. The number of amides is 1. The molecule has 2 saturated heterocycles. The van der Waals surface area contributed by atoms with Crippen LogP contribution >= 0.6 is 0 Å². The molecule has 2 aliphatic heterocycles. The third-order valence-corrected chi connectivity index (χ3v) is 6.50. The lowest BCUT2D eigenvalue weighted by Gasteiger charge is -2.38. The van der Waals surface area contributed by atoms with E-state index in [0.29, 0.717) is 37.4 Å². The monoisotopic (exact) mass is 462 g/mol. The number of aromatic nitrogens is 4. The van der Waals surface area contributed by atoms with Gasteiger partial charge in [0, 0.05) is 63.6 Å². The van der Waals surface area contributed by atoms with Gasteiger partial charge in [0.1, 0.15) is 0 Å². The molecule has 0 bridgehead atoms. The topological polar surface area (TPSA) is 118 Å². The molecular formula is C21H28F2N8O2. The SMILES string of the molecule is CC(F)(F)c1noc(N2CCC(N(C(=O)c3cnc(N4CC[C@@H](N)C4)nc3)C3CC3)CC2)n1. The van der Waals surface area contributed by atoms with E-state index >= 15 is 0 Å². The van der Waals surface area contributed by atoms with E-state index in [-0.39, 0.29) is 30.0 Å². The highest BCUT2D eigenvalue weighted by atomic mass is 19.3. The summed E-state index contributed by atoms with van der Waals surface area (Å²) in [6, 6.07) is 0.495. The van der Waals surface area contributed by atoms with Gasteiger partial charge in [-0.1, -0.05) is 5.16 Å². The van der Waals surface area contributed by atoms with Crippen molar-refractivity contribution in [3.8, 4) is 0 Å². The van der Waals surface area contributed by atoms with Gasteiger partial charge in [0.15, 0.2) is 0 Å². The van der Waals surface area contributed by atoms with Crippen LogP contribution in [-0.2, 0) is 5.92 Å². The smallest absolute Gasteiger partial charge is 0.324 e. The fraction of sp³-hybridized carbons (Fsp3) is 0.667. The van der Waals surface area contributed by atoms with Crippen LogP contribution in [0.5, 0.6) is 0 Å². The van der Waals surface area contributed by atoms with Gasteiger partial charge in [0.05, 0.1) is 5.56 Å². The first-order chi connectivity index (χ1) is 15.8. The summed E-state index contributed by atoms with van der Waals surface area (Å²) in [4.78, 5) is 31.8. The van der Waals surface area contributed by atoms with Crippen molar-refractivity contribution in [1.29, 1.82) is 0 Å². The van der Waals surface area contributed by atoms with Crippen LogP contribution in [0.2, 0.25) is 0 Å². The molecule has 10 nitrogen and oxygen atoms in total. The quantitative estimate of drug-likeness (QED) is 0.685. The zero-order valence-electron chi connectivity index (χ0n) is 18.5. The van der Waals surface area contributed by atoms with Crippen LogP contribution in [-0.4, -0.2) is 75.2 Å². The van der Waals surface area contributed by atoms with Crippen molar-refractivity contribution in [3.63, 3.8) is 0 Å². The van der Waals surface area contributed by atoms with Gasteiger partial charge in [-0.3, -0.25) is 4.79 Å². The zero-order valence-corrected chi connectivity index (χ0v) is 18.5. The number of anilines is 2. The fourth-order valence-electron chi connectivity index (χ4n) is 4.55. The molecule has 0 unspecified atom stereocenters. The Morgan fingerprint density at radius 3 is 2.27 bits per heavy atom. The molecule has 0 spiro atoms. The Morgan fingerprint density at radius 1 is 1.09 bits per heavy atom. The summed E-state index contributed by atoms with van der Waals surface area (Å²) in [6.07, 6.45) is 7.45. The lowest BCUT2D eigenvalue weighted by molar-refractivity contribution is 0.00558. The molecule has 33 heavy (non-hydrogen) atoms. The maximum absolute atomic E-state index is 13.4. The van der Waals surface area contributed by atoms with Gasteiger partial charge in [0.2, 0.25) is 11.8 Å². The molecule has 3 aliphatic rings. The number of nitrogens with two attached hydrogens (primary N) is 1. The summed E-state index contributed by atoms with van der Waals surface area (Å²) in [5.74, 6) is -3.23. The molecule has 2 aromatic rings. The van der Waals surface area contributed by atoms with E-state index in [9.17, 15) is 13.6 Å². The number of halogens is 2. The Hall–Kier alpha value is -2.89. The Labute approximate surface area is 190 Å². The van der Waals surface area contributed by atoms with Crippen molar-refractivity contribution >= 4 is 17.9 Å². The minimum absolute atomic E-state index is 0.0486. The molecule has 5 rings (SSSR count). The Morgan fingerprint density at radius 2 is 1.73 bits per heavy atom. The van der Waals surface area contributed by atoms with Crippen LogP contribution in [0.25, 0.3) is 0 Å². The molecule has 12 heteroatoms. The van der Waals surface area contributed by atoms with Crippen molar-refractivity contribution in [2.24, 2.45) is 5.73 Å². The van der Waals surface area contributed by atoms with E-state index < -0.39 is 11.7 Å². The van der Waals surface area contributed by atoms with E-state index in [1.54, 1.807) is 17.3 Å². The maximum Gasteiger partial charge on any atom is 0.324 e. The Bertz CT molecular complexity index is 983. The lowest BCUT2D eigenvalue weighted by atomic mass is 10.0. The number of carbonyl (C=O) groups is 1. The summed E-state index contributed by atoms with van der Waals surface area (Å²) in [6.45, 7) is 3.37. The van der Waals surface area contributed by atoms with Crippen molar-refractivity contribution in [3.05, 3.63) is 23.8 Å². The summed E-state index contributed by atoms with van der Waals surface area (Å²) in [7, 11) is 0. The average Bonchev–Trinajstić information content (AvgIpc) is 3.31. The highest BCUT2D eigenvalue weighted by Gasteiger charge is 2.40. The van der Waals surface area contributed by atoms with Gasteiger partial charge >= 0.3 is 11.9 Å². The number of hydrogen-bond donors (Lipinski definition) is 1. The highest BCUT2D eigenvalue weighted by molar-refractivity contribution is 5.94. The van der Waals surface area contributed by atoms with E-state index in [2.05, 4.69) is 20.1 Å². The largest absolute Gasteiger partial charge is 0.339 e. The van der Waals surface area contributed by atoms with Crippen LogP contribution in [0.3, 0.4) is 0 Å². The van der Waals surface area contributed by atoms with E-state index in [4.69, 9.17) is 10.3 Å².